The number of nitrogens with one attached hydrogen (secondary N) is 1. The van der Waals surface area contributed by atoms with E-state index in [1.807, 2.05) is 0 Å². The maximum Gasteiger partial charge on any atom is 0.251 e. The number of rotatable bonds is 4. The van der Waals surface area contributed by atoms with Crippen molar-refractivity contribution >= 4 is 0 Å². The standard InChI is InChI=1S/C11H20N2.ClH/c1-5-6-7-8-13-10(3)9(2)12-11(13)4;/h5-8H2,1-4H3;1H. The van der Waals surface area contributed by atoms with Crippen LogP contribution in [0, 0.1) is 20.8 Å². The first kappa shape index (κ1) is 13.5. The Morgan fingerprint density at radius 1 is 1.14 bits per heavy atom. The van der Waals surface area contributed by atoms with Gasteiger partial charge in [-0.1, -0.05) is 13.3 Å². The average Bonchev–Trinajstić information content (AvgIpc) is 2.32. The van der Waals surface area contributed by atoms with Crippen LogP contribution in [0.1, 0.15) is 43.4 Å². The number of hydrogen-bond acceptors (Lipinski definition) is 0. The summed E-state index contributed by atoms with van der Waals surface area (Å²) in [6, 6.07) is 0. The molecule has 0 unspecified atom stereocenters. The molecule has 0 radical (unpaired) electrons. The first-order valence-electron chi connectivity index (χ1n) is 5.22. The summed E-state index contributed by atoms with van der Waals surface area (Å²) in [5.41, 5.74) is 2.68. The summed E-state index contributed by atoms with van der Waals surface area (Å²) < 4.78 is 2.38. The molecule has 1 N–H and O–H groups in total. The van der Waals surface area contributed by atoms with Crippen molar-refractivity contribution in [3.63, 3.8) is 0 Å². The summed E-state index contributed by atoms with van der Waals surface area (Å²) in [4.78, 5) is 3.37. The second-order valence-corrected chi connectivity index (χ2v) is 3.78. The molecule has 0 spiro atoms. The highest BCUT2D eigenvalue weighted by Gasteiger charge is 2.13. The predicted octanol–water partition coefficient (Wildman–Crippen LogP) is -0.578. The van der Waals surface area contributed by atoms with Gasteiger partial charge in [0.05, 0.1) is 6.54 Å². The van der Waals surface area contributed by atoms with Gasteiger partial charge in [0.1, 0.15) is 11.4 Å². The van der Waals surface area contributed by atoms with E-state index in [0.717, 1.165) is 6.54 Å². The molecule has 0 saturated heterocycles. The van der Waals surface area contributed by atoms with Crippen LogP contribution in [0.15, 0.2) is 0 Å². The summed E-state index contributed by atoms with van der Waals surface area (Å²) in [5.74, 6) is 1.28. The second kappa shape index (κ2) is 6.07. The molecule has 0 bridgehead atoms. The Morgan fingerprint density at radius 2 is 1.79 bits per heavy atom. The van der Waals surface area contributed by atoms with Crippen molar-refractivity contribution in [1.82, 2.24) is 4.98 Å². The van der Waals surface area contributed by atoms with Crippen molar-refractivity contribution in [2.45, 2.75) is 53.5 Å². The fraction of sp³-hybridized carbons (Fsp3) is 0.727. The number of nitrogens with zero attached hydrogens (tertiary/aromatic N) is 1. The van der Waals surface area contributed by atoms with Crippen molar-refractivity contribution in [2.24, 2.45) is 0 Å². The van der Waals surface area contributed by atoms with Crippen LogP contribution in [0.5, 0.6) is 0 Å². The number of aromatic amines is 1. The number of aryl methyl sites for hydroxylation is 2. The summed E-state index contributed by atoms with van der Waals surface area (Å²) in [7, 11) is 0. The second-order valence-electron chi connectivity index (χ2n) is 3.78. The molecule has 0 amide bonds. The van der Waals surface area contributed by atoms with Gasteiger partial charge in [-0.15, -0.1) is 0 Å². The molecule has 14 heavy (non-hydrogen) atoms. The molecule has 0 aliphatic rings. The van der Waals surface area contributed by atoms with E-state index >= 15 is 0 Å². The lowest BCUT2D eigenvalue weighted by molar-refractivity contribution is -0.707. The van der Waals surface area contributed by atoms with Gasteiger partial charge in [-0.05, 0) is 12.8 Å². The highest BCUT2D eigenvalue weighted by molar-refractivity contribution is 5.02. The van der Waals surface area contributed by atoms with E-state index in [0.29, 0.717) is 0 Å². The lowest BCUT2D eigenvalue weighted by atomic mass is 10.2. The van der Waals surface area contributed by atoms with Crippen molar-refractivity contribution in [1.29, 1.82) is 0 Å². The summed E-state index contributed by atoms with van der Waals surface area (Å²) >= 11 is 0. The minimum absolute atomic E-state index is 0. The summed E-state index contributed by atoms with van der Waals surface area (Å²) in [6.45, 7) is 9.87. The molecular formula is C11H21ClN2. The number of H-pyrrole nitrogens is 1. The molecule has 0 aliphatic heterocycles. The molecule has 1 rings (SSSR count). The Bertz CT molecular complexity index is 279. The van der Waals surface area contributed by atoms with Gasteiger partial charge in [-0.3, -0.25) is 0 Å². The molecule has 2 nitrogen and oxygen atoms in total. The van der Waals surface area contributed by atoms with Crippen molar-refractivity contribution < 1.29 is 17.0 Å². The molecule has 0 saturated carbocycles. The average molecular weight is 217 g/mol. The van der Waals surface area contributed by atoms with Gasteiger partial charge < -0.3 is 12.4 Å². The smallest absolute Gasteiger partial charge is 0.251 e. The maximum atomic E-state index is 3.37. The number of halogens is 1. The van der Waals surface area contributed by atoms with Gasteiger partial charge in [0.15, 0.2) is 0 Å². The Kier molecular flexibility index (Phi) is 5.86. The maximum absolute atomic E-state index is 3.37. The van der Waals surface area contributed by atoms with Gasteiger partial charge in [-0.25, -0.2) is 9.55 Å². The topological polar surface area (TPSA) is 19.7 Å². The van der Waals surface area contributed by atoms with Crippen LogP contribution in [0.25, 0.3) is 0 Å². The van der Waals surface area contributed by atoms with Crippen LogP contribution in [0.2, 0.25) is 0 Å². The van der Waals surface area contributed by atoms with Gasteiger partial charge in [0.2, 0.25) is 0 Å². The Labute approximate surface area is 93.1 Å². The lowest BCUT2D eigenvalue weighted by Crippen LogP contribution is -3.00. The van der Waals surface area contributed by atoms with Gasteiger partial charge >= 0.3 is 0 Å². The Balaban J connectivity index is 0.00000169. The van der Waals surface area contributed by atoms with Crippen LogP contribution in [-0.2, 0) is 6.54 Å². The number of hydrogen-bond donors (Lipinski definition) is 1. The molecule has 1 aromatic heterocycles. The van der Waals surface area contributed by atoms with E-state index in [4.69, 9.17) is 0 Å². The van der Waals surface area contributed by atoms with Crippen LogP contribution >= 0.6 is 0 Å². The molecule has 0 aromatic carbocycles. The molecule has 0 fully saturated rings. The minimum Gasteiger partial charge on any atom is -1.00 e. The normalized spacial score (nSPS) is 10.0. The van der Waals surface area contributed by atoms with E-state index in [1.165, 1.54) is 36.5 Å². The van der Waals surface area contributed by atoms with E-state index < -0.39 is 0 Å². The van der Waals surface area contributed by atoms with Gasteiger partial charge in [-0.2, -0.15) is 0 Å². The van der Waals surface area contributed by atoms with Crippen molar-refractivity contribution in [3.8, 4) is 0 Å². The van der Waals surface area contributed by atoms with E-state index in [1.54, 1.807) is 0 Å². The molecular weight excluding hydrogens is 196 g/mol. The monoisotopic (exact) mass is 216 g/mol. The predicted molar refractivity (Wildman–Crippen MR) is 54.7 cm³/mol. The summed E-state index contributed by atoms with van der Waals surface area (Å²) in [5, 5.41) is 0. The van der Waals surface area contributed by atoms with Gasteiger partial charge in [0.25, 0.3) is 5.82 Å². The van der Waals surface area contributed by atoms with Crippen molar-refractivity contribution in [3.05, 3.63) is 17.2 Å². The number of imidazole rings is 1. The third-order valence-corrected chi connectivity index (χ3v) is 2.71. The molecule has 3 heteroatoms. The molecule has 1 heterocycles. The zero-order valence-corrected chi connectivity index (χ0v) is 10.4. The first-order valence-corrected chi connectivity index (χ1v) is 5.22. The Morgan fingerprint density at radius 3 is 2.21 bits per heavy atom. The number of unbranched alkanes of at least 4 members (excludes halogenated alkanes) is 2. The molecule has 0 atom stereocenters. The van der Waals surface area contributed by atoms with E-state index in [2.05, 4.69) is 37.2 Å². The lowest BCUT2D eigenvalue weighted by Gasteiger charge is -1.99. The van der Waals surface area contributed by atoms with Crippen molar-refractivity contribution in [2.75, 3.05) is 0 Å². The third-order valence-electron chi connectivity index (χ3n) is 2.71. The molecule has 1 aromatic rings. The number of aromatic nitrogens is 2. The third kappa shape index (κ3) is 3.02. The van der Waals surface area contributed by atoms with E-state index in [-0.39, 0.29) is 12.4 Å². The fourth-order valence-corrected chi connectivity index (χ4v) is 1.74. The first-order chi connectivity index (χ1) is 6.16. The van der Waals surface area contributed by atoms with Crippen LogP contribution in [-0.4, -0.2) is 4.98 Å². The summed E-state index contributed by atoms with van der Waals surface area (Å²) in [6.07, 6.45) is 3.91. The zero-order valence-electron chi connectivity index (χ0n) is 9.65. The fourth-order valence-electron chi connectivity index (χ4n) is 1.74. The molecule has 0 aliphatic carbocycles. The van der Waals surface area contributed by atoms with Crippen LogP contribution in [0.4, 0.5) is 0 Å². The quantitative estimate of drug-likeness (QED) is 0.514. The SMILES string of the molecule is CCCCC[n+]1c(C)[nH]c(C)c1C.[Cl-]. The Hall–Kier alpha value is -0.500. The highest BCUT2D eigenvalue weighted by Crippen LogP contribution is 2.02. The largest absolute Gasteiger partial charge is 1.00 e. The minimum atomic E-state index is 0. The van der Waals surface area contributed by atoms with Crippen LogP contribution < -0.4 is 17.0 Å². The molecule has 82 valence electrons. The van der Waals surface area contributed by atoms with Gasteiger partial charge in [0, 0.05) is 20.8 Å². The van der Waals surface area contributed by atoms with E-state index in [9.17, 15) is 0 Å². The highest BCUT2D eigenvalue weighted by atomic mass is 35.5. The van der Waals surface area contributed by atoms with Crippen LogP contribution in [0.3, 0.4) is 0 Å². The zero-order chi connectivity index (χ0) is 9.84.